The Bertz CT molecular complexity index is 439. The molecule has 106 valence electrons. The van der Waals surface area contributed by atoms with Crippen molar-refractivity contribution in [3.8, 4) is 0 Å². The molecule has 2 atom stereocenters. The first-order valence-electron chi connectivity index (χ1n) is 6.54. The lowest BCUT2D eigenvalue weighted by atomic mass is 9.96. The molecule has 0 saturated carbocycles. The van der Waals surface area contributed by atoms with E-state index in [2.05, 4.69) is 35.3 Å². The van der Waals surface area contributed by atoms with Gasteiger partial charge in [-0.25, -0.2) is 0 Å². The monoisotopic (exact) mass is 301 g/mol. The molecule has 0 spiro atoms. The highest BCUT2D eigenvalue weighted by atomic mass is 35.5. The molecule has 0 bridgehead atoms. The second-order valence-corrected chi connectivity index (χ2v) is 6.00. The summed E-state index contributed by atoms with van der Waals surface area (Å²) in [6, 6.07) is 6.41. The number of benzene rings is 1. The zero-order chi connectivity index (χ0) is 14.0. The van der Waals surface area contributed by atoms with E-state index in [0.717, 1.165) is 25.2 Å². The molecule has 5 heteroatoms. The van der Waals surface area contributed by atoms with Crippen LogP contribution >= 0.6 is 23.2 Å². The number of likely N-dealkylation sites (N-methyl/N-ethyl adjacent to an activating group) is 3. The molecule has 3 nitrogen and oxygen atoms in total. The molecule has 0 amide bonds. The first-order chi connectivity index (χ1) is 9.04. The molecule has 1 aliphatic rings. The largest absolute Gasteiger partial charge is 0.312 e. The molecule has 1 heterocycles. The third-order valence-corrected chi connectivity index (χ3v) is 4.75. The van der Waals surface area contributed by atoms with Crippen molar-refractivity contribution < 1.29 is 0 Å². The highest BCUT2D eigenvalue weighted by Crippen LogP contribution is 2.33. The van der Waals surface area contributed by atoms with Crippen molar-refractivity contribution in [3.05, 3.63) is 33.8 Å². The fourth-order valence-corrected chi connectivity index (χ4v) is 3.15. The fraction of sp³-hybridized carbons (Fsp3) is 0.571. The Morgan fingerprint density at radius 3 is 2.68 bits per heavy atom. The van der Waals surface area contributed by atoms with E-state index < -0.39 is 0 Å². The van der Waals surface area contributed by atoms with E-state index in [1.54, 1.807) is 0 Å². The minimum absolute atomic E-state index is 0.180. The second-order valence-electron chi connectivity index (χ2n) is 5.22. The second kappa shape index (κ2) is 6.42. The van der Waals surface area contributed by atoms with E-state index >= 15 is 0 Å². The lowest BCUT2D eigenvalue weighted by molar-refractivity contribution is 0.0897. The fourth-order valence-electron chi connectivity index (χ4n) is 2.72. The van der Waals surface area contributed by atoms with Gasteiger partial charge in [-0.3, -0.25) is 4.90 Å². The van der Waals surface area contributed by atoms with Crippen molar-refractivity contribution in [3.63, 3.8) is 0 Å². The summed E-state index contributed by atoms with van der Waals surface area (Å²) >= 11 is 12.5. The Kier molecular flexibility index (Phi) is 5.09. The first kappa shape index (κ1) is 15.1. The van der Waals surface area contributed by atoms with Crippen molar-refractivity contribution in [2.75, 3.05) is 40.8 Å². The molecular formula is C14H21Cl2N3. The van der Waals surface area contributed by atoms with E-state index in [0.29, 0.717) is 16.1 Å². The summed E-state index contributed by atoms with van der Waals surface area (Å²) in [6.07, 6.45) is 0. The van der Waals surface area contributed by atoms with Gasteiger partial charge in [-0.1, -0.05) is 35.3 Å². The molecule has 0 radical (unpaired) electrons. The average molecular weight is 302 g/mol. The number of hydrogen-bond donors (Lipinski definition) is 1. The van der Waals surface area contributed by atoms with Crippen molar-refractivity contribution in [1.29, 1.82) is 0 Å². The molecule has 0 aromatic heterocycles. The molecule has 1 aromatic carbocycles. The van der Waals surface area contributed by atoms with Gasteiger partial charge < -0.3 is 10.2 Å². The Balaban J connectivity index is 2.30. The predicted molar refractivity (Wildman–Crippen MR) is 82.2 cm³/mol. The van der Waals surface area contributed by atoms with Gasteiger partial charge in [0.1, 0.15) is 0 Å². The van der Waals surface area contributed by atoms with Crippen LogP contribution < -0.4 is 5.32 Å². The predicted octanol–water partition coefficient (Wildman–Crippen LogP) is 2.50. The third kappa shape index (κ3) is 3.23. The molecular weight excluding hydrogens is 281 g/mol. The number of hydrogen-bond acceptors (Lipinski definition) is 3. The minimum Gasteiger partial charge on any atom is -0.312 e. The van der Waals surface area contributed by atoms with Gasteiger partial charge in [0.2, 0.25) is 0 Å². The quantitative estimate of drug-likeness (QED) is 0.925. The van der Waals surface area contributed by atoms with Gasteiger partial charge in [-0.05, 0) is 32.8 Å². The van der Waals surface area contributed by atoms with Crippen LogP contribution in [0.2, 0.25) is 10.0 Å². The number of halogens is 2. The van der Waals surface area contributed by atoms with Gasteiger partial charge in [-0.2, -0.15) is 0 Å². The van der Waals surface area contributed by atoms with Crippen LogP contribution in [0, 0.1) is 0 Å². The summed E-state index contributed by atoms with van der Waals surface area (Å²) < 4.78 is 0. The molecule has 1 aliphatic heterocycles. The summed E-state index contributed by atoms with van der Waals surface area (Å²) in [4.78, 5) is 4.74. The normalized spacial score (nSPS) is 23.5. The summed E-state index contributed by atoms with van der Waals surface area (Å²) in [7, 11) is 6.30. The van der Waals surface area contributed by atoms with Crippen LogP contribution in [0.4, 0.5) is 0 Å². The Morgan fingerprint density at radius 1 is 1.26 bits per heavy atom. The van der Waals surface area contributed by atoms with Gasteiger partial charge in [-0.15, -0.1) is 0 Å². The molecule has 1 fully saturated rings. The van der Waals surface area contributed by atoms with Gasteiger partial charge in [0.15, 0.2) is 0 Å². The molecule has 19 heavy (non-hydrogen) atoms. The van der Waals surface area contributed by atoms with Gasteiger partial charge >= 0.3 is 0 Å². The van der Waals surface area contributed by atoms with Crippen molar-refractivity contribution in [2.24, 2.45) is 0 Å². The number of nitrogens with one attached hydrogen (secondary N) is 1. The first-order valence-corrected chi connectivity index (χ1v) is 7.30. The van der Waals surface area contributed by atoms with Crippen molar-refractivity contribution in [1.82, 2.24) is 15.1 Å². The highest BCUT2D eigenvalue weighted by molar-refractivity contribution is 6.42. The van der Waals surface area contributed by atoms with E-state index in [9.17, 15) is 0 Å². The van der Waals surface area contributed by atoms with Crippen LogP contribution in [0.5, 0.6) is 0 Å². The van der Waals surface area contributed by atoms with Gasteiger partial charge in [0.05, 0.1) is 16.1 Å². The zero-order valence-corrected chi connectivity index (χ0v) is 13.2. The number of piperazine rings is 1. The SMILES string of the molecule is CNC(c1cccc(Cl)c1Cl)C1CN(C)CCN1C. The lowest BCUT2D eigenvalue weighted by Crippen LogP contribution is -2.54. The Morgan fingerprint density at radius 2 is 2.00 bits per heavy atom. The summed E-state index contributed by atoms with van der Waals surface area (Å²) in [5, 5.41) is 4.67. The molecule has 1 saturated heterocycles. The minimum atomic E-state index is 0.180. The maximum atomic E-state index is 6.37. The molecule has 1 aromatic rings. The third-order valence-electron chi connectivity index (χ3n) is 3.91. The van der Waals surface area contributed by atoms with Crippen LogP contribution in [-0.4, -0.2) is 56.6 Å². The molecule has 2 unspecified atom stereocenters. The van der Waals surface area contributed by atoms with Crippen LogP contribution in [0.25, 0.3) is 0 Å². The van der Waals surface area contributed by atoms with Crippen LogP contribution in [-0.2, 0) is 0 Å². The van der Waals surface area contributed by atoms with E-state index in [1.807, 2.05) is 19.2 Å². The Hall–Kier alpha value is -0.320. The number of nitrogens with zero attached hydrogens (tertiary/aromatic N) is 2. The van der Waals surface area contributed by atoms with Crippen molar-refractivity contribution in [2.45, 2.75) is 12.1 Å². The van der Waals surface area contributed by atoms with Crippen molar-refractivity contribution >= 4 is 23.2 Å². The summed E-state index contributed by atoms with van der Waals surface area (Å²) in [5.41, 5.74) is 1.07. The Labute approximate surface area is 125 Å². The molecule has 0 aliphatic carbocycles. The summed E-state index contributed by atoms with van der Waals surface area (Å²) in [5.74, 6) is 0. The van der Waals surface area contributed by atoms with Gasteiger partial charge in [0.25, 0.3) is 0 Å². The smallest absolute Gasteiger partial charge is 0.0640 e. The topological polar surface area (TPSA) is 18.5 Å². The maximum Gasteiger partial charge on any atom is 0.0640 e. The van der Waals surface area contributed by atoms with Gasteiger partial charge in [0, 0.05) is 25.7 Å². The lowest BCUT2D eigenvalue weighted by Gasteiger charge is -2.42. The van der Waals surface area contributed by atoms with E-state index in [4.69, 9.17) is 23.2 Å². The van der Waals surface area contributed by atoms with Crippen LogP contribution in [0.3, 0.4) is 0 Å². The van der Waals surface area contributed by atoms with E-state index in [-0.39, 0.29) is 6.04 Å². The molecule has 1 N–H and O–H groups in total. The van der Waals surface area contributed by atoms with E-state index in [1.165, 1.54) is 0 Å². The summed E-state index contributed by atoms with van der Waals surface area (Å²) in [6.45, 7) is 3.19. The molecule has 2 rings (SSSR count). The highest BCUT2D eigenvalue weighted by Gasteiger charge is 2.31. The van der Waals surface area contributed by atoms with Crippen LogP contribution in [0.1, 0.15) is 11.6 Å². The average Bonchev–Trinajstić information content (AvgIpc) is 2.39. The standard InChI is InChI=1S/C14H21Cl2N3/c1-17-14(10-5-4-6-11(15)13(10)16)12-9-18(2)7-8-19(12)3/h4-6,12,14,17H,7-9H2,1-3H3. The van der Waals surface area contributed by atoms with Crippen LogP contribution in [0.15, 0.2) is 18.2 Å². The maximum absolute atomic E-state index is 6.37. The number of rotatable bonds is 3. The zero-order valence-electron chi connectivity index (χ0n) is 11.7.